The van der Waals surface area contributed by atoms with E-state index >= 15 is 0 Å². The van der Waals surface area contributed by atoms with E-state index in [4.69, 9.17) is 0 Å². The van der Waals surface area contributed by atoms with Crippen molar-refractivity contribution in [2.75, 3.05) is 32.4 Å². The van der Waals surface area contributed by atoms with E-state index in [0.29, 0.717) is 19.6 Å². The molecule has 0 radical (unpaired) electrons. The molecule has 2 saturated heterocycles. The summed E-state index contributed by atoms with van der Waals surface area (Å²) in [5.41, 5.74) is -0.134. The van der Waals surface area contributed by atoms with Gasteiger partial charge >= 0.3 is 5.97 Å². The van der Waals surface area contributed by atoms with Crippen molar-refractivity contribution < 1.29 is 23.4 Å². The van der Waals surface area contributed by atoms with Crippen molar-refractivity contribution in [3.8, 4) is 5.75 Å². The molecule has 0 saturated carbocycles. The van der Waals surface area contributed by atoms with E-state index in [-0.39, 0.29) is 24.8 Å². The van der Waals surface area contributed by atoms with Gasteiger partial charge in [0.2, 0.25) is 10.0 Å². The van der Waals surface area contributed by atoms with Crippen LogP contribution in [0.2, 0.25) is 0 Å². The van der Waals surface area contributed by atoms with E-state index in [1.165, 1.54) is 4.31 Å². The number of benzene rings is 1. The maximum absolute atomic E-state index is 11.8. The monoisotopic (exact) mass is 340 g/mol. The Hall–Kier alpha value is -1.64. The molecule has 126 valence electrons. The van der Waals surface area contributed by atoms with Crippen molar-refractivity contribution in [3.63, 3.8) is 0 Å². The molecule has 2 fully saturated rings. The van der Waals surface area contributed by atoms with Crippen LogP contribution < -0.4 is 0 Å². The van der Waals surface area contributed by atoms with Gasteiger partial charge in [0.15, 0.2) is 0 Å². The Morgan fingerprint density at radius 3 is 2.65 bits per heavy atom. The van der Waals surface area contributed by atoms with Crippen LogP contribution in [0.5, 0.6) is 5.75 Å². The van der Waals surface area contributed by atoms with E-state index in [1.807, 2.05) is 11.0 Å². The van der Waals surface area contributed by atoms with E-state index in [9.17, 15) is 23.4 Å². The molecule has 0 aliphatic carbocycles. The highest BCUT2D eigenvalue weighted by molar-refractivity contribution is 7.88. The largest absolute Gasteiger partial charge is 0.508 e. The number of phenols is 1. The van der Waals surface area contributed by atoms with E-state index < -0.39 is 21.4 Å². The summed E-state index contributed by atoms with van der Waals surface area (Å²) in [5, 5.41) is 19.2. The van der Waals surface area contributed by atoms with Gasteiger partial charge in [0.25, 0.3) is 0 Å². The van der Waals surface area contributed by atoms with Crippen LogP contribution in [0.4, 0.5) is 0 Å². The minimum absolute atomic E-state index is 0.0301. The predicted octanol–water partition coefficient (Wildman–Crippen LogP) is 0.170. The molecule has 2 atom stereocenters. The van der Waals surface area contributed by atoms with Gasteiger partial charge in [0.1, 0.15) is 5.75 Å². The molecule has 2 aliphatic heterocycles. The lowest BCUT2D eigenvalue weighted by Crippen LogP contribution is -2.41. The second kappa shape index (κ2) is 5.47. The third-order valence-corrected chi connectivity index (χ3v) is 6.08. The van der Waals surface area contributed by atoms with Crippen LogP contribution in [0.3, 0.4) is 0 Å². The molecule has 1 aromatic rings. The van der Waals surface area contributed by atoms with Crippen LogP contribution in [0, 0.1) is 11.3 Å². The zero-order valence-corrected chi connectivity index (χ0v) is 13.7. The quantitative estimate of drug-likeness (QED) is 0.811. The second-order valence-electron chi connectivity index (χ2n) is 6.55. The third kappa shape index (κ3) is 2.93. The summed E-state index contributed by atoms with van der Waals surface area (Å²) in [6, 6.07) is 6.87. The number of rotatable bonds is 4. The number of nitrogens with zero attached hydrogens (tertiary/aromatic N) is 2. The summed E-state index contributed by atoms with van der Waals surface area (Å²) in [7, 11) is -3.38. The number of carbonyl (C=O) groups is 1. The Labute approximate surface area is 135 Å². The van der Waals surface area contributed by atoms with Gasteiger partial charge in [-0.15, -0.1) is 0 Å². The summed E-state index contributed by atoms with van der Waals surface area (Å²) < 4.78 is 24.7. The highest BCUT2D eigenvalue weighted by Gasteiger charge is 2.58. The lowest BCUT2D eigenvalue weighted by atomic mass is 9.81. The number of carboxylic acids is 1. The topological polar surface area (TPSA) is 98.2 Å². The van der Waals surface area contributed by atoms with Gasteiger partial charge in [-0.2, -0.15) is 0 Å². The molecule has 0 bridgehead atoms. The number of fused-ring (bicyclic) bond motifs is 1. The fourth-order valence-electron chi connectivity index (χ4n) is 3.71. The summed E-state index contributed by atoms with van der Waals surface area (Å²) in [4.78, 5) is 13.9. The highest BCUT2D eigenvalue weighted by Crippen LogP contribution is 2.44. The number of hydrogen-bond acceptors (Lipinski definition) is 5. The molecule has 0 unspecified atom stereocenters. The zero-order valence-electron chi connectivity index (χ0n) is 12.8. The number of aromatic hydroxyl groups is 1. The predicted molar refractivity (Wildman–Crippen MR) is 83.4 cm³/mol. The van der Waals surface area contributed by atoms with E-state index in [2.05, 4.69) is 0 Å². The van der Waals surface area contributed by atoms with Gasteiger partial charge in [-0.25, -0.2) is 12.7 Å². The highest BCUT2D eigenvalue weighted by atomic mass is 32.2. The molecule has 0 aromatic heterocycles. The zero-order chi connectivity index (χ0) is 16.8. The summed E-state index contributed by atoms with van der Waals surface area (Å²) in [6.45, 7) is 1.67. The Morgan fingerprint density at radius 2 is 2.09 bits per heavy atom. The van der Waals surface area contributed by atoms with Crippen LogP contribution in [-0.2, 0) is 21.4 Å². The average molecular weight is 340 g/mol. The first-order chi connectivity index (χ1) is 10.7. The second-order valence-corrected chi connectivity index (χ2v) is 8.54. The van der Waals surface area contributed by atoms with Gasteiger partial charge in [0.05, 0.1) is 11.7 Å². The molecular formula is C15H20N2O5S. The van der Waals surface area contributed by atoms with Crippen LogP contribution >= 0.6 is 0 Å². The number of hydrogen-bond donors (Lipinski definition) is 2. The van der Waals surface area contributed by atoms with Crippen molar-refractivity contribution in [2.45, 2.75) is 6.54 Å². The lowest BCUT2D eigenvalue weighted by Gasteiger charge is -2.24. The molecule has 7 nitrogen and oxygen atoms in total. The average Bonchev–Trinajstić information content (AvgIpc) is 2.92. The molecule has 1 aromatic carbocycles. The standard InChI is InChI=1S/C15H20N2O5S/c1-23(21,22)17-8-12-7-16(9-15(12,10-17)14(19)20)6-11-3-2-4-13(18)5-11/h2-5,12,18H,6-10H2,1H3,(H,19,20)/t12-,15-/m1/s1. The van der Waals surface area contributed by atoms with Gasteiger partial charge in [-0.05, 0) is 17.7 Å². The van der Waals surface area contributed by atoms with Crippen LogP contribution in [0.1, 0.15) is 5.56 Å². The minimum Gasteiger partial charge on any atom is -0.508 e. The molecule has 8 heteroatoms. The van der Waals surface area contributed by atoms with Crippen molar-refractivity contribution in [2.24, 2.45) is 11.3 Å². The molecule has 2 aliphatic rings. The van der Waals surface area contributed by atoms with E-state index in [0.717, 1.165) is 11.8 Å². The number of sulfonamides is 1. The maximum atomic E-state index is 11.8. The van der Waals surface area contributed by atoms with Crippen molar-refractivity contribution in [1.29, 1.82) is 0 Å². The SMILES string of the molecule is CS(=O)(=O)N1C[C@H]2CN(Cc3cccc(O)c3)C[C@@]2(C(=O)O)C1. The number of aliphatic carboxylic acids is 1. The Bertz CT molecular complexity index is 735. The fraction of sp³-hybridized carbons (Fsp3) is 0.533. The van der Waals surface area contributed by atoms with Crippen LogP contribution in [0.25, 0.3) is 0 Å². The van der Waals surface area contributed by atoms with Gasteiger partial charge in [-0.1, -0.05) is 12.1 Å². The molecule has 2 N–H and O–H groups in total. The van der Waals surface area contributed by atoms with Gasteiger partial charge in [0, 0.05) is 38.6 Å². The van der Waals surface area contributed by atoms with Crippen LogP contribution in [-0.4, -0.2) is 66.2 Å². The Balaban J connectivity index is 1.78. The molecule has 3 rings (SSSR count). The summed E-state index contributed by atoms with van der Waals surface area (Å²) >= 11 is 0. The van der Waals surface area contributed by atoms with Crippen molar-refractivity contribution in [3.05, 3.63) is 29.8 Å². The van der Waals surface area contributed by atoms with Crippen molar-refractivity contribution in [1.82, 2.24) is 9.21 Å². The first-order valence-corrected chi connectivity index (χ1v) is 9.24. The van der Waals surface area contributed by atoms with Gasteiger partial charge in [-0.3, -0.25) is 9.69 Å². The first-order valence-electron chi connectivity index (χ1n) is 7.39. The third-order valence-electron chi connectivity index (χ3n) is 4.86. The van der Waals surface area contributed by atoms with Crippen molar-refractivity contribution >= 4 is 16.0 Å². The summed E-state index contributed by atoms with van der Waals surface area (Å²) in [6.07, 6.45) is 1.12. The van der Waals surface area contributed by atoms with Crippen LogP contribution in [0.15, 0.2) is 24.3 Å². The molecular weight excluding hydrogens is 320 g/mol. The molecule has 0 amide bonds. The van der Waals surface area contributed by atoms with E-state index in [1.54, 1.807) is 18.2 Å². The molecule has 2 heterocycles. The lowest BCUT2D eigenvalue weighted by molar-refractivity contribution is -0.148. The molecule has 0 spiro atoms. The summed E-state index contributed by atoms with van der Waals surface area (Å²) in [5.74, 6) is -0.975. The smallest absolute Gasteiger partial charge is 0.312 e. The normalized spacial score (nSPS) is 28.8. The number of phenolic OH excluding ortho intramolecular Hbond substituents is 1. The Kier molecular flexibility index (Phi) is 3.86. The number of carboxylic acid groups (broad SMARTS) is 1. The first kappa shape index (κ1) is 16.2. The fourth-order valence-corrected chi connectivity index (χ4v) is 4.63. The Morgan fingerprint density at radius 1 is 1.35 bits per heavy atom. The maximum Gasteiger partial charge on any atom is 0.312 e. The number of likely N-dealkylation sites (tertiary alicyclic amines) is 1. The molecule has 23 heavy (non-hydrogen) atoms. The minimum atomic E-state index is -3.38. The van der Waals surface area contributed by atoms with Gasteiger partial charge < -0.3 is 10.2 Å².